The molecule has 0 fully saturated rings. The second-order valence-corrected chi connectivity index (χ2v) is 18.0. The minimum Gasteiger partial charge on any atom is -0.456 e. The second kappa shape index (κ2) is 15.0. The zero-order chi connectivity index (χ0) is 45.9. The van der Waals surface area contributed by atoms with Crippen molar-refractivity contribution in [2.45, 2.75) is 0 Å². The standard InChI is InChI=1S/C63H38N6O/c1-3-16-39(17-4-1)44-24-15-29-58-60(44)49-35-32-41(36-59(49)70-58)62-64-61(65-63(66-62)69-54-27-13-7-20-45(54)46-21-8-14-28-55(46)69)40-30-33-43(34-31-40)68-53-26-12-10-23-48(53)51-37-56-50(38-57(51)68)47-22-9-11-25-52(47)67(56)42-18-5-2-6-19-42/h1-38H. The Bertz CT molecular complexity index is 4530. The van der Waals surface area contributed by atoms with E-state index in [-0.39, 0.29) is 0 Å². The van der Waals surface area contributed by atoms with Crippen molar-refractivity contribution in [3.05, 3.63) is 231 Å². The van der Waals surface area contributed by atoms with Crippen LogP contribution in [0.4, 0.5) is 0 Å². The molecule has 0 radical (unpaired) electrons. The Labute approximate surface area is 400 Å². The zero-order valence-corrected chi connectivity index (χ0v) is 37.5. The molecule has 5 aromatic heterocycles. The Balaban J connectivity index is 0.912. The van der Waals surface area contributed by atoms with Crippen molar-refractivity contribution in [3.8, 4) is 51.2 Å². The summed E-state index contributed by atoms with van der Waals surface area (Å²) in [7, 11) is 0. The van der Waals surface area contributed by atoms with Crippen LogP contribution < -0.4 is 0 Å². The third-order valence-electron chi connectivity index (χ3n) is 14.1. The van der Waals surface area contributed by atoms with Gasteiger partial charge in [0.25, 0.3) is 0 Å². The number of benzene rings is 10. The first-order chi connectivity index (χ1) is 34.7. The molecule has 7 nitrogen and oxygen atoms in total. The normalized spacial score (nSPS) is 12.0. The summed E-state index contributed by atoms with van der Waals surface area (Å²) in [5.74, 6) is 1.67. The number of nitrogens with zero attached hydrogens (tertiary/aromatic N) is 6. The molecule has 0 saturated carbocycles. The Morgan fingerprint density at radius 3 is 1.37 bits per heavy atom. The number of hydrogen-bond acceptors (Lipinski definition) is 4. The van der Waals surface area contributed by atoms with E-state index in [0.717, 1.165) is 88.4 Å². The molecule has 0 aliphatic rings. The van der Waals surface area contributed by atoms with Gasteiger partial charge < -0.3 is 13.6 Å². The largest absolute Gasteiger partial charge is 0.456 e. The van der Waals surface area contributed by atoms with Crippen LogP contribution in [0.3, 0.4) is 0 Å². The van der Waals surface area contributed by atoms with Crippen LogP contribution >= 0.6 is 0 Å². The topological polar surface area (TPSA) is 66.6 Å². The average molecular weight is 895 g/mol. The summed E-state index contributed by atoms with van der Waals surface area (Å²) in [4.78, 5) is 15.9. The SMILES string of the molecule is c1ccc(-c2cccc3oc4cc(-c5nc(-c6ccc(-n7c8ccccc8c8cc9c(cc87)c7ccccc7n9-c7ccccc7)cc6)nc(-n6c7ccccc7c7ccccc76)n5)ccc4c23)cc1. The molecule has 0 unspecified atom stereocenters. The highest BCUT2D eigenvalue weighted by Gasteiger charge is 2.22. The summed E-state index contributed by atoms with van der Waals surface area (Å²) in [6, 6.07) is 81.4. The molecule has 0 amide bonds. The lowest BCUT2D eigenvalue weighted by atomic mass is 9.99. The molecule has 0 atom stereocenters. The van der Waals surface area contributed by atoms with Gasteiger partial charge in [-0.1, -0.05) is 140 Å². The Hall–Kier alpha value is -9.59. The van der Waals surface area contributed by atoms with Crippen molar-refractivity contribution in [2.24, 2.45) is 0 Å². The maximum absolute atomic E-state index is 6.61. The van der Waals surface area contributed by atoms with Crippen molar-refractivity contribution in [2.75, 3.05) is 0 Å². The summed E-state index contributed by atoms with van der Waals surface area (Å²) in [5, 5.41) is 9.22. The Morgan fingerprint density at radius 1 is 0.286 bits per heavy atom. The maximum Gasteiger partial charge on any atom is 0.238 e. The van der Waals surface area contributed by atoms with Gasteiger partial charge in [0.05, 0.1) is 33.1 Å². The van der Waals surface area contributed by atoms with E-state index < -0.39 is 0 Å². The summed E-state index contributed by atoms with van der Waals surface area (Å²) in [6.45, 7) is 0. The second-order valence-electron chi connectivity index (χ2n) is 18.0. The molecule has 0 aliphatic heterocycles. The van der Waals surface area contributed by atoms with Crippen LogP contribution in [0.25, 0.3) is 139 Å². The average Bonchev–Trinajstić information content (AvgIpc) is 4.17. The molecule has 7 heteroatoms. The molecule has 5 heterocycles. The van der Waals surface area contributed by atoms with E-state index in [4.69, 9.17) is 19.4 Å². The molecule has 0 N–H and O–H groups in total. The van der Waals surface area contributed by atoms with Crippen molar-refractivity contribution in [3.63, 3.8) is 0 Å². The highest BCUT2D eigenvalue weighted by atomic mass is 16.3. The van der Waals surface area contributed by atoms with Crippen LogP contribution in [0.15, 0.2) is 235 Å². The van der Waals surface area contributed by atoms with Crippen LogP contribution in [0, 0.1) is 0 Å². The van der Waals surface area contributed by atoms with Gasteiger partial charge in [-0.3, -0.25) is 4.57 Å². The summed E-state index contributed by atoms with van der Waals surface area (Å²) < 4.78 is 13.5. The van der Waals surface area contributed by atoms with Gasteiger partial charge in [0.15, 0.2) is 11.6 Å². The lowest BCUT2D eigenvalue weighted by molar-refractivity contribution is 0.669. The lowest BCUT2D eigenvalue weighted by Gasteiger charge is -2.12. The van der Waals surface area contributed by atoms with Gasteiger partial charge >= 0.3 is 0 Å². The molecule has 0 aliphatic carbocycles. The van der Waals surface area contributed by atoms with E-state index in [1.807, 2.05) is 12.1 Å². The highest BCUT2D eigenvalue weighted by molar-refractivity contribution is 6.19. The lowest BCUT2D eigenvalue weighted by Crippen LogP contribution is -2.06. The molecule has 70 heavy (non-hydrogen) atoms. The third-order valence-corrected chi connectivity index (χ3v) is 14.1. The van der Waals surface area contributed by atoms with Gasteiger partial charge in [-0.25, -0.2) is 4.98 Å². The number of rotatable bonds is 6. The van der Waals surface area contributed by atoms with Crippen LogP contribution in [-0.4, -0.2) is 28.7 Å². The minimum absolute atomic E-state index is 0.540. The molecule has 326 valence electrons. The van der Waals surface area contributed by atoms with E-state index in [9.17, 15) is 0 Å². The van der Waals surface area contributed by atoms with Gasteiger partial charge in [0, 0.05) is 65.6 Å². The number of para-hydroxylation sites is 5. The fourth-order valence-electron chi connectivity index (χ4n) is 11.0. The minimum atomic E-state index is 0.540. The highest BCUT2D eigenvalue weighted by Crippen LogP contribution is 2.42. The summed E-state index contributed by atoms with van der Waals surface area (Å²) in [6.07, 6.45) is 0. The molecular formula is C63H38N6O. The summed E-state index contributed by atoms with van der Waals surface area (Å²) in [5.41, 5.74) is 14.5. The van der Waals surface area contributed by atoms with Gasteiger partial charge in [-0.2, -0.15) is 9.97 Å². The summed E-state index contributed by atoms with van der Waals surface area (Å²) >= 11 is 0. The number of furan rings is 1. The van der Waals surface area contributed by atoms with E-state index in [2.05, 4.69) is 232 Å². The van der Waals surface area contributed by atoms with Gasteiger partial charge in [-0.05, 0) is 102 Å². The first-order valence-electron chi connectivity index (χ1n) is 23.6. The van der Waals surface area contributed by atoms with E-state index in [0.29, 0.717) is 17.6 Å². The first kappa shape index (κ1) is 38.5. The van der Waals surface area contributed by atoms with Gasteiger partial charge in [0.1, 0.15) is 11.2 Å². The first-order valence-corrected chi connectivity index (χ1v) is 23.6. The van der Waals surface area contributed by atoms with Gasteiger partial charge in [0.2, 0.25) is 5.95 Å². The fraction of sp³-hybridized carbons (Fsp3) is 0. The molecular weight excluding hydrogens is 857 g/mol. The van der Waals surface area contributed by atoms with Crippen LogP contribution in [0.1, 0.15) is 0 Å². The van der Waals surface area contributed by atoms with Crippen LogP contribution in [0.5, 0.6) is 0 Å². The van der Waals surface area contributed by atoms with E-state index in [1.165, 1.54) is 32.6 Å². The molecule has 15 aromatic rings. The van der Waals surface area contributed by atoms with Crippen molar-refractivity contribution in [1.29, 1.82) is 0 Å². The van der Waals surface area contributed by atoms with Crippen LogP contribution in [-0.2, 0) is 0 Å². The predicted molar refractivity (Wildman–Crippen MR) is 286 cm³/mol. The molecule has 15 rings (SSSR count). The number of hydrogen-bond donors (Lipinski definition) is 0. The molecule has 0 spiro atoms. The number of fused-ring (bicyclic) bond motifs is 12. The van der Waals surface area contributed by atoms with Gasteiger partial charge in [-0.15, -0.1) is 0 Å². The predicted octanol–water partition coefficient (Wildman–Crippen LogP) is 16.1. The quantitative estimate of drug-likeness (QED) is 0.167. The van der Waals surface area contributed by atoms with E-state index in [1.54, 1.807) is 0 Å². The molecule has 0 saturated heterocycles. The van der Waals surface area contributed by atoms with E-state index >= 15 is 0 Å². The fourth-order valence-corrected chi connectivity index (χ4v) is 11.0. The Morgan fingerprint density at radius 2 is 0.771 bits per heavy atom. The smallest absolute Gasteiger partial charge is 0.238 e. The maximum atomic E-state index is 6.61. The monoisotopic (exact) mass is 894 g/mol. The molecule has 10 aromatic carbocycles. The third kappa shape index (κ3) is 5.72. The zero-order valence-electron chi connectivity index (χ0n) is 37.5. The Kier molecular flexibility index (Phi) is 8.23. The van der Waals surface area contributed by atoms with Crippen LogP contribution in [0.2, 0.25) is 0 Å². The van der Waals surface area contributed by atoms with Crippen molar-refractivity contribution >= 4 is 87.4 Å². The van der Waals surface area contributed by atoms with Crippen molar-refractivity contribution < 1.29 is 4.42 Å². The number of aromatic nitrogens is 6. The molecule has 0 bridgehead atoms. The van der Waals surface area contributed by atoms with Crippen molar-refractivity contribution in [1.82, 2.24) is 28.7 Å².